The summed E-state index contributed by atoms with van der Waals surface area (Å²) in [6.45, 7) is 1.99. The lowest BCUT2D eigenvalue weighted by molar-refractivity contribution is 0.348. The molecule has 0 amide bonds. The van der Waals surface area contributed by atoms with Gasteiger partial charge in [0.05, 0.1) is 11.0 Å². The van der Waals surface area contributed by atoms with Crippen molar-refractivity contribution in [3.8, 4) is 0 Å². The van der Waals surface area contributed by atoms with Gasteiger partial charge in [-0.15, -0.1) is 11.8 Å². The Bertz CT molecular complexity index is 668. The predicted molar refractivity (Wildman–Crippen MR) is 111 cm³/mol. The summed E-state index contributed by atoms with van der Waals surface area (Å²) >= 11 is 1.91. The van der Waals surface area contributed by atoms with Crippen LogP contribution in [0, 0.1) is 0 Å². The van der Waals surface area contributed by atoms with Crippen molar-refractivity contribution in [1.82, 2.24) is 4.90 Å². The molecule has 2 N–H and O–H groups in total. The first-order valence-electron chi connectivity index (χ1n) is 8.48. The van der Waals surface area contributed by atoms with E-state index in [0.717, 1.165) is 24.6 Å². The van der Waals surface area contributed by atoms with Crippen LogP contribution in [0.25, 0.3) is 0 Å². The minimum atomic E-state index is 0.205. The smallest absolute Gasteiger partial charge is 0.0715 e. The van der Waals surface area contributed by atoms with E-state index in [1.807, 2.05) is 31.0 Å². The maximum Gasteiger partial charge on any atom is 0.0715 e. The molecule has 3 nitrogen and oxygen atoms in total. The Morgan fingerprint density at radius 3 is 2.36 bits per heavy atom. The molecule has 0 aliphatic heterocycles. The summed E-state index contributed by atoms with van der Waals surface area (Å²) in [5, 5.41) is 0.205. The van der Waals surface area contributed by atoms with Gasteiger partial charge in [-0.05, 0) is 30.5 Å². The third-order valence-electron chi connectivity index (χ3n) is 3.95. The zero-order chi connectivity index (χ0) is 17.9. The maximum absolute atomic E-state index is 5.60. The summed E-state index contributed by atoms with van der Waals surface area (Å²) in [5.74, 6) is 1.03. The molecule has 1 unspecified atom stereocenters. The van der Waals surface area contributed by atoms with Gasteiger partial charge in [-0.25, -0.2) is 0 Å². The number of rotatable bonds is 9. The summed E-state index contributed by atoms with van der Waals surface area (Å²) in [6.07, 6.45) is 3.47. The van der Waals surface area contributed by atoms with Crippen LogP contribution in [0.5, 0.6) is 0 Å². The second kappa shape index (κ2) is 10.7. The van der Waals surface area contributed by atoms with Gasteiger partial charge in [-0.3, -0.25) is 4.99 Å². The molecule has 1 atom stereocenters. The Hall–Kier alpha value is -2.04. The van der Waals surface area contributed by atoms with Crippen LogP contribution >= 0.6 is 11.8 Å². The van der Waals surface area contributed by atoms with E-state index in [2.05, 4.69) is 71.5 Å². The molecule has 0 saturated carbocycles. The molecule has 0 spiro atoms. The van der Waals surface area contributed by atoms with Crippen LogP contribution in [0.15, 0.2) is 77.9 Å². The van der Waals surface area contributed by atoms with Gasteiger partial charge < -0.3 is 10.6 Å². The summed E-state index contributed by atoms with van der Waals surface area (Å²) in [5.41, 5.74) is 9.21. The van der Waals surface area contributed by atoms with Gasteiger partial charge in [-0.1, -0.05) is 60.7 Å². The van der Waals surface area contributed by atoms with Crippen molar-refractivity contribution in [1.29, 1.82) is 0 Å². The number of aliphatic imine (C=N–C) groups is 1. The van der Waals surface area contributed by atoms with Gasteiger partial charge in [0.2, 0.25) is 0 Å². The quantitative estimate of drug-likeness (QED) is 0.689. The molecule has 0 aliphatic carbocycles. The summed E-state index contributed by atoms with van der Waals surface area (Å²) in [4.78, 5) is 6.79. The molecule has 0 fully saturated rings. The lowest BCUT2D eigenvalue weighted by atomic mass is 10.1. The number of allylic oxidation sites excluding steroid dienone is 1. The fourth-order valence-corrected chi connectivity index (χ4v) is 4.02. The Kier molecular flexibility index (Phi) is 8.29. The van der Waals surface area contributed by atoms with E-state index in [1.54, 1.807) is 6.20 Å². The van der Waals surface area contributed by atoms with Gasteiger partial charge in [0, 0.05) is 25.9 Å². The Morgan fingerprint density at radius 2 is 1.76 bits per heavy atom. The minimum absolute atomic E-state index is 0.205. The molecule has 0 bridgehead atoms. The first-order chi connectivity index (χ1) is 12.2. The molecule has 0 saturated heterocycles. The number of nitrogens with zero attached hydrogens (tertiary/aromatic N) is 2. The summed E-state index contributed by atoms with van der Waals surface area (Å²) in [6, 6.07) is 21.1. The Morgan fingerprint density at radius 1 is 1.12 bits per heavy atom. The van der Waals surface area contributed by atoms with E-state index < -0.39 is 0 Å². The van der Waals surface area contributed by atoms with Gasteiger partial charge in [0.1, 0.15) is 0 Å². The third-order valence-corrected chi connectivity index (χ3v) is 5.21. The predicted octanol–water partition coefficient (Wildman–Crippen LogP) is 4.14. The normalized spacial score (nSPS) is 13.5. The van der Waals surface area contributed by atoms with Crippen molar-refractivity contribution in [2.75, 3.05) is 26.4 Å². The monoisotopic (exact) mass is 353 g/mol. The van der Waals surface area contributed by atoms with Crippen LogP contribution in [0.4, 0.5) is 0 Å². The minimum Gasteiger partial charge on any atom is -0.405 e. The van der Waals surface area contributed by atoms with Crippen molar-refractivity contribution >= 4 is 17.5 Å². The van der Waals surface area contributed by atoms with E-state index in [4.69, 9.17) is 5.73 Å². The Balaban J connectivity index is 1.95. The van der Waals surface area contributed by atoms with Crippen LogP contribution in [0.3, 0.4) is 0 Å². The SMILES string of the molecule is CN=C(C=CN)C(SCCN(C)Cc1ccccc1)c1ccccc1. The van der Waals surface area contributed by atoms with Crippen molar-refractivity contribution in [3.05, 3.63) is 84.1 Å². The first-order valence-corrected chi connectivity index (χ1v) is 9.53. The van der Waals surface area contributed by atoms with Crippen molar-refractivity contribution in [2.24, 2.45) is 10.7 Å². The van der Waals surface area contributed by atoms with Crippen LogP contribution in [0.2, 0.25) is 0 Å². The molecular formula is C21H27N3S. The maximum atomic E-state index is 5.60. The highest BCUT2D eigenvalue weighted by molar-refractivity contribution is 8.00. The van der Waals surface area contributed by atoms with E-state index in [9.17, 15) is 0 Å². The number of thioether (sulfide) groups is 1. The zero-order valence-electron chi connectivity index (χ0n) is 15.0. The Labute approximate surface area is 155 Å². The van der Waals surface area contributed by atoms with E-state index >= 15 is 0 Å². The molecule has 0 aromatic heterocycles. The standard InChI is InChI=1S/C21H27N3S/c1-23-20(13-14-22)21(19-11-7-4-8-12-19)25-16-15-24(2)17-18-9-5-3-6-10-18/h3-14,21H,15-17,22H2,1-2H3. The van der Waals surface area contributed by atoms with Crippen molar-refractivity contribution < 1.29 is 0 Å². The lowest BCUT2D eigenvalue weighted by Crippen LogP contribution is -2.21. The molecule has 0 radical (unpaired) electrons. The van der Waals surface area contributed by atoms with Crippen LogP contribution in [-0.2, 0) is 6.54 Å². The average molecular weight is 354 g/mol. The molecular weight excluding hydrogens is 326 g/mol. The van der Waals surface area contributed by atoms with E-state index in [1.165, 1.54) is 11.1 Å². The molecule has 25 heavy (non-hydrogen) atoms. The van der Waals surface area contributed by atoms with Gasteiger partial charge >= 0.3 is 0 Å². The molecule has 2 aromatic carbocycles. The van der Waals surface area contributed by atoms with Crippen molar-refractivity contribution in [3.63, 3.8) is 0 Å². The number of hydrogen-bond donors (Lipinski definition) is 1. The number of hydrogen-bond acceptors (Lipinski definition) is 4. The van der Waals surface area contributed by atoms with E-state index in [0.29, 0.717) is 0 Å². The van der Waals surface area contributed by atoms with Gasteiger partial charge in [-0.2, -0.15) is 0 Å². The lowest BCUT2D eigenvalue weighted by Gasteiger charge is -2.20. The topological polar surface area (TPSA) is 41.6 Å². The molecule has 4 heteroatoms. The third kappa shape index (κ3) is 6.40. The summed E-state index contributed by atoms with van der Waals surface area (Å²) < 4.78 is 0. The second-order valence-corrected chi connectivity index (χ2v) is 7.11. The molecule has 0 aliphatic rings. The fraction of sp³-hybridized carbons (Fsp3) is 0.286. The van der Waals surface area contributed by atoms with Gasteiger partial charge in [0.15, 0.2) is 0 Å². The van der Waals surface area contributed by atoms with Crippen LogP contribution in [-0.4, -0.2) is 37.0 Å². The summed E-state index contributed by atoms with van der Waals surface area (Å²) in [7, 11) is 3.99. The van der Waals surface area contributed by atoms with Crippen molar-refractivity contribution in [2.45, 2.75) is 11.8 Å². The molecule has 2 aromatic rings. The molecule has 2 rings (SSSR count). The average Bonchev–Trinajstić information content (AvgIpc) is 2.65. The van der Waals surface area contributed by atoms with Gasteiger partial charge in [0.25, 0.3) is 0 Å². The highest BCUT2D eigenvalue weighted by Crippen LogP contribution is 2.31. The highest BCUT2D eigenvalue weighted by atomic mass is 32.2. The van der Waals surface area contributed by atoms with Crippen LogP contribution in [0.1, 0.15) is 16.4 Å². The zero-order valence-corrected chi connectivity index (χ0v) is 15.8. The number of benzene rings is 2. The molecule has 132 valence electrons. The second-order valence-electron chi connectivity index (χ2n) is 5.89. The fourth-order valence-electron chi connectivity index (χ4n) is 2.66. The highest BCUT2D eigenvalue weighted by Gasteiger charge is 2.16. The van der Waals surface area contributed by atoms with Crippen LogP contribution < -0.4 is 5.73 Å². The largest absolute Gasteiger partial charge is 0.405 e. The molecule has 0 heterocycles. The van der Waals surface area contributed by atoms with E-state index in [-0.39, 0.29) is 5.25 Å². The first kappa shape index (κ1) is 19.3. The number of nitrogens with two attached hydrogens (primary N) is 1.